The fourth-order valence-corrected chi connectivity index (χ4v) is 7.52. The minimum Gasteiger partial charge on any atom is -0.454 e. The summed E-state index contributed by atoms with van der Waals surface area (Å²) in [7, 11) is 0. The lowest BCUT2D eigenvalue weighted by atomic mass is 9.95. The summed E-state index contributed by atoms with van der Waals surface area (Å²) < 4.78 is 9.27. The van der Waals surface area contributed by atoms with E-state index in [1.807, 2.05) is 72.8 Å². The molecule has 3 aromatic heterocycles. The number of hydrogen-bond donors (Lipinski definition) is 0. The molecule has 0 unspecified atom stereocenters. The van der Waals surface area contributed by atoms with Gasteiger partial charge in [-0.05, 0) is 42.2 Å². The van der Waals surface area contributed by atoms with Crippen LogP contribution in [0.25, 0.3) is 89.9 Å². The van der Waals surface area contributed by atoms with Crippen LogP contribution in [-0.2, 0) is 6.42 Å². The Hall–Kier alpha value is -6.59. The molecule has 1 aliphatic carbocycles. The van der Waals surface area contributed by atoms with Crippen molar-refractivity contribution in [2.24, 2.45) is 0 Å². The number of furan rings is 1. The highest BCUT2D eigenvalue weighted by Gasteiger charge is 2.25. The molecule has 0 amide bonds. The zero-order valence-corrected chi connectivity index (χ0v) is 27.1. The van der Waals surface area contributed by atoms with Crippen molar-refractivity contribution in [2.45, 2.75) is 12.8 Å². The molecule has 3 heterocycles. The maximum atomic E-state index is 6.84. The third kappa shape index (κ3) is 4.51. The van der Waals surface area contributed by atoms with Gasteiger partial charge in [-0.15, -0.1) is 0 Å². The van der Waals surface area contributed by atoms with Gasteiger partial charge >= 0.3 is 0 Å². The molecule has 0 saturated carbocycles. The highest BCUT2D eigenvalue weighted by Crippen LogP contribution is 2.43. The molecule has 0 aliphatic heterocycles. The van der Waals surface area contributed by atoms with E-state index in [1.54, 1.807) is 0 Å². The molecule has 10 rings (SSSR count). The Bertz CT molecular complexity index is 2690. The SMILES string of the molecule is C1=Cc2c(n(-c3cccc4c3oc3cccc(-c5nc(-c6ccccc6)nc(-c6ccccc6)n5)c34)c3cccc(-c4ccccc4)c23)CC1. The predicted octanol–water partition coefficient (Wildman–Crippen LogP) is 11.3. The van der Waals surface area contributed by atoms with E-state index in [-0.39, 0.29) is 0 Å². The molecule has 50 heavy (non-hydrogen) atoms. The molecular weight excluding hydrogens is 613 g/mol. The van der Waals surface area contributed by atoms with Gasteiger partial charge in [0.15, 0.2) is 23.1 Å². The second-order valence-electron chi connectivity index (χ2n) is 12.7. The molecular formula is C45H30N4O. The van der Waals surface area contributed by atoms with Gasteiger partial charge in [-0.2, -0.15) is 0 Å². The molecule has 0 radical (unpaired) electrons. The van der Waals surface area contributed by atoms with Gasteiger partial charge in [0, 0.05) is 44.1 Å². The van der Waals surface area contributed by atoms with Crippen molar-refractivity contribution in [3.8, 4) is 51.0 Å². The lowest BCUT2D eigenvalue weighted by Gasteiger charge is -2.13. The smallest absolute Gasteiger partial charge is 0.164 e. The van der Waals surface area contributed by atoms with Crippen molar-refractivity contribution in [2.75, 3.05) is 0 Å². The Balaban J connectivity index is 1.22. The van der Waals surface area contributed by atoms with Crippen LogP contribution in [-0.4, -0.2) is 19.5 Å². The first-order chi connectivity index (χ1) is 24.8. The van der Waals surface area contributed by atoms with Gasteiger partial charge in [0.2, 0.25) is 0 Å². The molecule has 236 valence electrons. The quantitative estimate of drug-likeness (QED) is 0.187. The molecule has 0 fully saturated rings. The Kier molecular flexibility index (Phi) is 6.56. The fourth-order valence-electron chi connectivity index (χ4n) is 7.52. The van der Waals surface area contributed by atoms with Gasteiger partial charge < -0.3 is 8.98 Å². The number of para-hydroxylation sites is 1. The molecule has 0 N–H and O–H groups in total. The number of aromatic nitrogens is 4. The van der Waals surface area contributed by atoms with E-state index in [1.165, 1.54) is 33.3 Å². The minimum atomic E-state index is 0.609. The summed E-state index contributed by atoms with van der Waals surface area (Å²) in [5.41, 5.74) is 11.7. The van der Waals surface area contributed by atoms with E-state index in [9.17, 15) is 0 Å². The molecule has 0 atom stereocenters. The number of nitrogens with zero attached hydrogens (tertiary/aromatic N) is 4. The van der Waals surface area contributed by atoms with Crippen LogP contribution >= 0.6 is 0 Å². The molecule has 5 nitrogen and oxygen atoms in total. The summed E-state index contributed by atoms with van der Waals surface area (Å²) in [6.45, 7) is 0. The largest absolute Gasteiger partial charge is 0.454 e. The molecule has 1 aliphatic rings. The van der Waals surface area contributed by atoms with Crippen molar-refractivity contribution >= 4 is 38.9 Å². The van der Waals surface area contributed by atoms with Gasteiger partial charge in [0.05, 0.1) is 11.2 Å². The molecule has 0 saturated heterocycles. The molecule has 5 heteroatoms. The first-order valence-corrected chi connectivity index (χ1v) is 17.0. The standard InChI is InChI=1S/C45H30N4O/c1-4-15-29(16-5-1)32-22-12-26-37-40(32)33-21-10-11-25-36(33)49(37)38-27-13-23-34-41-35(24-14-28-39(41)50-42(34)38)45-47-43(30-17-6-2-7-18-30)46-44(48-45)31-19-8-3-9-20-31/h1-10,12-24,26-28H,11,25H2. The minimum absolute atomic E-state index is 0.609. The van der Waals surface area contributed by atoms with Crippen LogP contribution in [0.3, 0.4) is 0 Å². The third-order valence-corrected chi connectivity index (χ3v) is 9.73. The Labute approximate surface area is 288 Å². The average Bonchev–Trinajstić information content (AvgIpc) is 3.75. The maximum absolute atomic E-state index is 6.84. The van der Waals surface area contributed by atoms with Gasteiger partial charge in [-0.3, -0.25) is 0 Å². The van der Waals surface area contributed by atoms with Gasteiger partial charge in [-0.1, -0.05) is 140 Å². The number of rotatable bonds is 5. The molecule has 6 aromatic carbocycles. The lowest BCUT2D eigenvalue weighted by Crippen LogP contribution is -2.03. The first kappa shape index (κ1) is 28.4. The van der Waals surface area contributed by atoms with E-state index < -0.39 is 0 Å². The van der Waals surface area contributed by atoms with Crippen LogP contribution in [0.1, 0.15) is 17.7 Å². The normalized spacial score (nSPS) is 12.6. The van der Waals surface area contributed by atoms with Gasteiger partial charge in [0.25, 0.3) is 0 Å². The van der Waals surface area contributed by atoms with Crippen molar-refractivity contribution in [3.05, 3.63) is 163 Å². The molecule has 9 aromatic rings. The van der Waals surface area contributed by atoms with Crippen molar-refractivity contribution in [3.63, 3.8) is 0 Å². The van der Waals surface area contributed by atoms with Crippen LogP contribution in [0.4, 0.5) is 0 Å². The van der Waals surface area contributed by atoms with Crippen LogP contribution in [0.5, 0.6) is 0 Å². The topological polar surface area (TPSA) is 56.7 Å². The van der Waals surface area contributed by atoms with E-state index >= 15 is 0 Å². The summed E-state index contributed by atoms with van der Waals surface area (Å²) >= 11 is 0. The zero-order chi connectivity index (χ0) is 33.0. The monoisotopic (exact) mass is 642 g/mol. The number of benzene rings is 6. The Morgan fingerprint density at radius 1 is 0.520 bits per heavy atom. The molecule has 0 bridgehead atoms. The number of allylic oxidation sites excluding steroid dienone is 1. The fraction of sp³-hybridized carbons (Fsp3) is 0.0444. The van der Waals surface area contributed by atoms with Crippen LogP contribution < -0.4 is 0 Å². The maximum Gasteiger partial charge on any atom is 0.164 e. The van der Waals surface area contributed by atoms with Crippen LogP contribution in [0.2, 0.25) is 0 Å². The highest BCUT2D eigenvalue weighted by molar-refractivity contribution is 6.14. The average molecular weight is 643 g/mol. The van der Waals surface area contributed by atoms with Crippen molar-refractivity contribution in [1.82, 2.24) is 19.5 Å². The van der Waals surface area contributed by atoms with Crippen LogP contribution in [0.15, 0.2) is 156 Å². The van der Waals surface area contributed by atoms with E-state index in [4.69, 9.17) is 19.4 Å². The first-order valence-electron chi connectivity index (χ1n) is 17.0. The van der Waals surface area contributed by atoms with E-state index in [0.717, 1.165) is 57.2 Å². The second-order valence-corrected chi connectivity index (χ2v) is 12.7. The summed E-state index contributed by atoms with van der Waals surface area (Å²) in [6.07, 6.45) is 6.55. The summed E-state index contributed by atoms with van der Waals surface area (Å²) in [4.78, 5) is 15.1. The highest BCUT2D eigenvalue weighted by atomic mass is 16.3. The van der Waals surface area contributed by atoms with E-state index in [2.05, 4.69) is 89.5 Å². The van der Waals surface area contributed by atoms with Gasteiger partial charge in [-0.25, -0.2) is 15.0 Å². The third-order valence-electron chi connectivity index (χ3n) is 9.73. The number of fused-ring (bicyclic) bond motifs is 6. The van der Waals surface area contributed by atoms with Crippen molar-refractivity contribution < 1.29 is 4.42 Å². The van der Waals surface area contributed by atoms with Crippen LogP contribution in [0, 0.1) is 0 Å². The van der Waals surface area contributed by atoms with Gasteiger partial charge in [0.1, 0.15) is 5.58 Å². The summed E-state index contributed by atoms with van der Waals surface area (Å²) in [5, 5.41) is 3.28. The van der Waals surface area contributed by atoms with E-state index in [0.29, 0.717) is 17.5 Å². The summed E-state index contributed by atoms with van der Waals surface area (Å²) in [5.74, 6) is 1.87. The molecule has 0 spiro atoms. The lowest BCUT2D eigenvalue weighted by molar-refractivity contribution is 0.665. The summed E-state index contributed by atoms with van der Waals surface area (Å²) in [6, 6.07) is 50.1. The Morgan fingerprint density at radius 2 is 1.14 bits per heavy atom. The van der Waals surface area contributed by atoms with Crippen molar-refractivity contribution in [1.29, 1.82) is 0 Å². The predicted molar refractivity (Wildman–Crippen MR) is 203 cm³/mol. The number of hydrogen-bond acceptors (Lipinski definition) is 4. The zero-order valence-electron chi connectivity index (χ0n) is 27.1. The second kappa shape index (κ2) is 11.5. The Morgan fingerprint density at radius 3 is 1.86 bits per heavy atom.